The number of rotatable bonds is 4. The third-order valence-corrected chi connectivity index (χ3v) is 3.89. The smallest absolute Gasteiger partial charge is 0.291 e. The number of amides is 1. The molecule has 3 aromatic rings. The van der Waals surface area contributed by atoms with Gasteiger partial charge in [-0.1, -0.05) is 48.5 Å². The van der Waals surface area contributed by atoms with Crippen molar-refractivity contribution in [2.24, 2.45) is 0 Å². The zero-order valence-electron chi connectivity index (χ0n) is 13.4. The lowest BCUT2D eigenvalue weighted by Gasteiger charge is -2.18. The van der Waals surface area contributed by atoms with Gasteiger partial charge in [-0.3, -0.25) is 4.79 Å². The van der Waals surface area contributed by atoms with Gasteiger partial charge in [0.2, 0.25) is 5.82 Å². The Balaban J connectivity index is 2.20. The van der Waals surface area contributed by atoms with E-state index in [1.165, 1.54) is 0 Å². The average molecular weight is 305 g/mol. The normalized spacial score (nSPS) is 10.7. The molecule has 0 saturated heterocycles. The van der Waals surface area contributed by atoms with E-state index in [2.05, 4.69) is 9.97 Å². The van der Waals surface area contributed by atoms with Gasteiger partial charge in [0.25, 0.3) is 5.91 Å². The van der Waals surface area contributed by atoms with Crippen LogP contribution in [-0.2, 0) is 0 Å². The number of benzene rings is 2. The fourth-order valence-electron chi connectivity index (χ4n) is 2.64. The van der Waals surface area contributed by atoms with E-state index < -0.39 is 0 Å². The zero-order chi connectivity index (χ0) is 16.2. The number of carbonyl (C=O) groups excluding carboxylic acids is 1. The Labute approximate surface area is 135 Å². The van der Waals surface area contributed by atoms with Crippen molar-refractivity contribution in [3.8, 4) is 11.3 Å². The molecule has 2 aromatic carbocycles. The Morgan fingerprint density at radius 3 is 2.26 bits per heavy atom. The summed E-state index contributed by atoms with van der Waals surface area (Å²) in [5.41, 5.74) is 2.57. The minimum absolute atomic E-state index is 0.127. The summed E-state index contributed by atoms with van der Waals surface area (Å²) in [6.45, 7) is 5.21. The van der Waals surface area contributed by atoms with Gasteiger partial charge >= 0.3 is 0 Å². The summed E-state index contributed by atoms with van der Waals surface area (Å²) in [6, 6.07) is 17.7. The fraction of sp³-hybridized carbons (Fsp3) is 0.211. The Morgan fingerprint density at radius 1 is 0.913 bits per heavy atom. The van der Waals surface area contributed by atoms with E-state index in [0.717, 1.165) is 22.2 Å². The van der Waals surface area contributed by atoms with Crippen LogP contribution in [0.2, 0.25) is 0 Å². The topological polar surface area (TPSA) is 46.1 Å². The molecule has 0 unspecified atom stereocenters. The first kappa shape index (κ1) is 15.2. The van der Waals surface area contributed by atoms with E-state index in [9.17, 15) is 4.79 Å². The van der Waals surface area contributed by atoms with Gasteiger partial charge in [0.1, 0.15) is 0 Å². The third kappa shape index (κ3) is 2.93. The highest BCUT2D eigenvalue weighted by Gasteiger charge is 2.18. The molecule has 0 bridgehead atoms. The molecule has 0 radical (unpaired) electrons. The predicted octanol–water partition coefficient (Wildman–Crippen LogP) is 3.78. The molecule has 4 nitrogen and oxygen atoms in total. The molecule has 0 spiro atoms. The maximum Gasteiger partial charge on any atom is 0.291 e. The number of para-hydroxylation sites is 1. The summed E-state index contributed by atoms with van der Waals surface area (Å²) < 4.78 is 0. The molecule has 23 heavy (non-hydrogen) atoms. The van der Waals surface area contributed by atoms with Crippen LogP contribution in [0.15, 0.2) is 54.6 Å². The van der Waals surface area contributed by atoms with Crippen molar-refractivity contribution in [3.05, 3.63) is 60.4 Å². The van der Waals surface area contributed by atoms with Crippen LogP contribution in [-0.4, -0.2) is 33.9 Å². The second kappa shape index (κ2) is 6.57. The molecule has 0 aliphatic carbocycles. The van der Waals surface area contributed by atoms with Crippen molar-refractivity contribution in [2.75, 3.05) is 13.1 Å². The number of nitrogens with zero attached hydrogens (tertiary/aromatic N) is 3. The largest absolute Gasteiger partial charge is 0.336 e. The van der Waals surface area contributed by atoms with Gasteiger partial charge in [-0.25, -0.2) is 9.97 Å². The first-order valence-corrected chi connectivity index (χ1v) is 7.86. The highest BCUT2D eigenvalue weighted by Crippen LogP contribution is 2.26. The average Bonchev–Trinajstić information content (AvgIpc) is 2.62. The highest BCUT2D eigenvalue weighted by atomic mass is 16.2. The molecule has 0 aliphatic rings. The van der Waals surface area contributed by atoms with Crippen LogP contribution in [0.3, 0.4) is 0 Å². The standard InChI is InChI=1S/C19H19N3O/c1-3-22(4-2)19(23)18-20-16-13-9-8-12-15(16)17(21-18)14-10-6-5-7-11-14/h5-13H,3-4H2,1-2H3. The lowest BCUT2D eigenvalue weighted by molar-refractivity contribution is 0.0761. The quantitative estimate of drug-likeness (QED) is 0.737. The van der Waals surface area contributed by atoms with Crippen LogP contribution < -0.4 is 0 Å². The van der Waals surface area contributed by atoms with Crippen molar-refractivity contribution in [1.29, 1.82) is 0 Å². The molecule has 0 aliphatic heterocycles. The molecule has 4 heteroatoms. The van der Waals surface area contributed by atoms with Gasteiger partial charge in [-0.15, -0.1) is 0 Å². The van der Waals surface area contributed by atoms with Gasteiger partial charge in [0.05, 0.1) is 11.2 Å². The molecule has 0 saturated carbocycles. The summed E-state index contributed by atoms with van der Waals surface area (Å²) in [6.07, 6.45) is 0. The van der Waals surface area contributed by atoms with E-state index in [1.54, 1.807) is 4.90 Å². The van der Waals surface area contributed by atoms with Gasteiger partial charge < -0.3 is 4.90 Å². The van der Waals surface area contributed by atoms with E-state index in [0.29, 0.717) is 13.1 Å². The molecule has 0 fully saturated rings. The summed E-state index contributed by atoms with van der Waals surface area (Å²) in [7, 11) is 0. The maximum absolute atomic E-state index is 12.6. The second-order valence-electron chi connectivity index (χ2n) is 5.26. The van der Waals surface area contributed by atoms with Gasteiger partial charge in [-0.05, 0) is 19.9 Å². The van der Waals surface area contributed by atoms with Crippen LogP contribution in [0.5, 0.6) is 0 Å². The van der Waals surface area contributed by atoms with Gasteiger partial charge in [0, 0.05) is 24.0 Å². The van der Waals surface area contributed by atoms with Crippen molar-refractivity contribution in [2.45, 2.75) is 13.8 Å². The Bertz CT molecular complexity index is 826. The summed E-state index contributed by atoms with van der Waals surface area (Å²) in [4.78, 5) is 23.4. The number of carbonyl (C=O) groups is 1. The fourth-order valence-corrected chi connectivity index (χ4v) is 2.64. The predicted molar refractivity (Wildman–Crippen MR) is 92.2 cm³/mol. The molecular weight excluding hydrogens is 286 g/mol. The number of aromatic nitrogens is 2. The first-order valence-electron chi connectivity index (χ1n) is 7.86. The third-order valence-electron chi connectivity index (χ3n) is 3.89. The van der Waals surface area contributed by atoms with Crippen LogP contribution >= 0.6 is 0 Å². The van der Waals surface area contributed by atoms with E-state index in [1.807, 2.05) is 68.4 Å². The molecule has 0 atom stereocenters. The molecular formula is C19H19N3O. The Morgan fingerprint density at radius 2 is 1.57 bits per heavy atom. The van der Waals surface area contributed by atoms with Crippen molar-refractivity contribution in [3.63, 3.8) is 0 Å². The number of hydrogen-bond donors (Lipinski definition) is 0. The summed E-state index contributed by atoms with van der Waals surface area (Å²) in [5.74, 6) is 0.129. The van der Waals surface area contributed by atoms with E-state index >= 15 is 0 Å². The summed E-state index contributed by atoms with van der Waals surface area (Å²) in [5, 5.41) is 0.954. The lowest BCUT2D eigenvalue weighted by Crippen LogP contribution is -2.32. The maximum atomic E-state index is 12.6. The van der Waals surface area contributed by atoms with Crippen LogP contribution in [0.1, 0.15) is 24.5 Å². The minimum Gasteiger partial charge on any atom is -0.336 e. The van der Waals surface area contributed by atoms with Crippen LogP contribution in [0.4, 0.5) is 0 Å². The summed E-state index contributed by atoms with van der Waals surface area (Å²) >= 11 is 0. The molecule has 3 rings (SSSR count). The molecule has 0 N–H and O–H groups in total. The van der Waals surface area contributed by atoms with Crippen LogP contribution in [0.25, 0.3) is 22.2 Å². The lowest BCUT2D eigenvalue weighted by atomic mass is 10.1. The number of hydrogen-bond acceptors (Lipinski definition) is 3. The Hall–Kier alpha value is -2.75. The zero-order valence-corrected chi connectivity index (χ0v) is 13.4. The van der Waals surface area contributed by atoms with Crippen molar-refractivity contribution in [1.82, 2.24) is 14.9 Å². The van der Waals surface area contributed by atoms with Gasteiger partial charge in [-0.2, -0.15) is 0 Å². The highest BCUT2D eigenvalue weighted by molar-refractivity contribution is 5.97. The minimum atomic E-state index is -0.127. The molecule has 1 heterocycles. The van der Waals surface area contributed by atoms with Crippen LogP contribution in [0, 0.1) is 0 Å². The molecule has 1 aromatic heterocycles. The van der Waals surface area contributed by atoms with E-state index in [-0.39, 0.29) is 11.7 Å². The van der Waals surface area contributed by atoms with Gasteiger partial charge in [0.15, 0.2) is 0 Å². The van der Waals surface area contributed by atoms with Crippen molar-refractivity contribution < 1.29 is 4.79 Å². The second-order valence-corrected chi connectivity index (χ2v) is 5.26. The SMILES string of the molecule is CCN(CC)C(=O)c1nc(-c2ccccc2)c2ccccc2n1. The monoisotopic (exact) mass is 305 g/mol. The number of fused-ring (bicyclic) bond motifs is 1. The van der Waals surface area contributed by atoms with E-state index in [4.69, 9.17) is 0 Å². The molecule has 1 amide bonds. The first-order chi connectivity index (χ1) is 11.2. The van der Waals surface area contributed by atoms with Crippen molar-refractivity contribution >= 4 is 16.8 Å². The Kier molecular flexibility index (Phi) is 4.33. The molecule has 116 valence electrons.